The van der Waals surface area contributed by atoms with E-state index in [1.165, 1.54) is 6.26 Å². The van der Waals surface area contributed by atoms with Crippen molar-refractivity contribution in [3.8, 4) is 0 Å². The normalized spacial score (nSPS) is 13.6. The molecule has 0 saturated heterocycles. The third-order valence-corrected chi connectivity index (χ3v) is 3.25. The Hall–Kier alpha value is -1.05. The van der Waals surface area contributed by atoms with E-state index in [1.54, 1.807) is 18.5 Å². The van der Waals surface area contributed by atoms with Gasteiger partial charge in [0.1, 0.15) is 9.84 Å². The molecule has 0 saturated carbocycles. The van der Waals surface area contributed by atoms with Crippen LogP contribution in [0.3, 0.4) is 0 Å². The first-order valence-corrected chi connectivity index (χ1v) is 6.99. The molecule has 6 nitrogen and oxygen atoms in total. The fourth-order valence-electron chi connectivity index (χ4n) is 1.40. The molecule has 0 aliphatic carbocycles. The van der Waals surface area contributed by atoms with Gasteiger partial charge in [0.2, 0.25) is 0 Å². The van der Waals surface area contributed by atoms with Crippen LogP contribution in [-0.4, -0.2) is 30.6 Å². The third kappa shape index (κ3) is 4.65. The van der Waals surface area contributed by atoms with Gasteiger partial charge in [-0.15, -0.1) is 0 Å². The van der Waals surface area contributed by atoms with E-state index in [1.807, 2.05) is 0 Å². The van der Waals surface area contributed by atoms with E-state index in [4.69, 9.17) is 5.84 Å². The Kier molecular flexibility index (Phi) is 4.78. The van der Waals surface area contributed by atoms with E-state index < -0.39 is 9.84 Å². The summed E-state index contributed by atoms with van der Waals surface area (Å²) in [6, 6.07) is 1.72. The van der Waals surface area contributed by atoms with E-state index in [9.17, 15) is 8.42 Å². The summed E-state index contributed by atoms with van der Waals surface area (Å²) in [4.78, 5) is 0. The molecule has 16 heavy (non-hydrogen) atoms. The van der Waals surface area contributed by atoms with Gasteiger partial charge >= 0.3 is 0 Å². The molecule has 0 aliphatic rings. The molecule has 1 aromatic heterocycles. The third-order valence-electron chi connectivity index (χ3n) is 2.22. The zero-order valence-electron chi connectivity index (χ0n) is 9.13. The Bertz CT molecular complexity index is 407. The topological polar surface area (TPSA) is 98.0 Å². The summed E-state index contributed by atoms with van der Waals surface area (Å²) < 4.78 is 21.9. The van der Waals surface area contributed by atoms with Gasteiger partial charge < -0.3 is 0 Å². The van der Waals surface area contributed by atoms with Gasteiger partial charge in [-0.25, -0.2) is 8.42 Å². The fourth-order valence-corrected chi connectivity index (χ4v) is 2.09. The molecule has 0 bridgehead atoms. The Morgan fingerprint density at radius 3 is 2.75 bits per heavy atom. The zero-order chi connectivity index (χ0) is 12.0. The first-order chi connectivity index (χ1) is 7.53. The number of rotatable bonds is 6. The summed E-state index contributed by atoms with van der Waals surface area (Å²) in [5.41, 5.74) is 3.55. The van der Waals surface area contributed by atoms with E-state index in [0.717, 1.165) is 5.56 Å². The molecule has 1 atom stereocenters. The van der Waals surface area contributed by atoms with Gasteiger partial charge in [0.25, 0.3) is 0 Å². The van der Waals surface area contributed by atoms with Gasteiger partial charge in [0.15, 0.2) is 0 Å². The summed E-state index contributed by atoms with van der Waals surface area (Å²) in [5.74, 6) is 5.58. The van der Waals surface area contributed by atoms with Crippen LogP contribution < -0.4 is 11.3 Å². The first-order valence-electron chi connectivity index (χ1n) is 4.93. The zero-order valence-corrected chi connectivity index (χ0v) is 9.94. The van der Waals surface area contributed by atoms with Gasteiger partial charge in [-0.1, -0.05) is 0 Å². The van der Waals surface area contributed by atoms with Crippen LogP contribution in [0.4, 0.5) is 0 Å². The summed E-state index contributed by atoms with van der Waals surface area (Å²) in [6.07, 6.45) is 5.64. The fraction of sp³-hybridized carbons (Fsp3) is 0.556. The van der Waals surface area contributed by atoms with E-state index in [0.29, 0.717) is 12.8 Å². The van der Waals surface area contributed by atoms with Crippen LogP contribution in [0.25, 0.3) is 0 Å². The molecule has 90 valence electrons. The Morgan fingerprint density at radius 2 is 2.25 bits per heavy atom. The van der Waals surface area contributed by atoms with Crippen molar-refractivity contribution in [3.05, 3.63) is 24.0 Å². The van der Waals surface area contributed by atoms with Crippen molar-refractivity contribution in [1.82, 2.24) is 15.6 Å². The van der Waals surface area contributed by atoms with Gasteiger partial charge in [-0.05, 0) is 24.5 Å². The molecular weight excluding hydrogens is 228 g/mol. The van der Waals surface area contributed by atoms with E-state index in [2.05, 4.69) is 15.6 Å². The molecule has 1 unspecified atom stereocenters. The molecule has 0 amide bonds. The minimum absolute atomic E-state index is 0.0859. The average Bonchev–Trinajstić information content (AvgIpc) is 2.24. The number of nitrogens with two attached hydrogens (primary N) is 1. The predicted molar refractivity (Wildman–Crippen MR) is 61.0 cm³/mol. The van der Waals surface area contributed by atoms with Gasteiger partial charge in [0, 0.05) is 24.2 Å². The summed E-state index contributed by atoms with van der Waals surface area (Å²) in [7, 11) is -2.91. The average molecular weight is 244 g/mol. The largest absolute Gasteiger partial charge is 0.271 e. The quantitative estimate of drug-likeness (QED) is 0.531. The molecule has 0 spiro atoms. The molecule has 0 fully saturated rings. The summed E-state index contributed by atoms with van der Waals surface area (Å²) in [6.45, 7) is 0. The number of sulfone groups is 1. The van der Waals surface area contributed by atoms with E-state index in [-0.39, 0.29) is 11.8 Å². The smallest absolute Gasteiger partial charge is 0.147 e. The monoisotopic (exact) mass is 244 g/mol. The van der Waals surface area contributed by atoms with Gasteiger partial charge in [-0.3, -0.25) is 11.3 Å². The number of hydrogen-bond acceptors (Lipinski definition) is 6. The second-order valence-electron chi connectivity index (χ2n) is 3.67. The minimum Gasteiger partial charge on any atom is -0.271 e. The molecule has 0 aromatic carbocycles. The van der Waals surface area contributed by atoms with Crippen molar-refractivity contribution >= 4 is 9.84 Å². The highest BCUT2D eigenvalue weighted by Gasteiger charge is 2.11. The highest BCUT2D eigenvalue weighted by Crippen LogP contribution is 2.16. The lowest BCUT2D eigenvalue weighted by atomic mass is 10.1. The van der Waals surface area contributed by atoms with E-state index >= 15 is 0 Å². The van der Waals surface area contributed by atoms with Crippen molar-refractivity contribution in [2.75, 3.05) is 12.0 Å². The SMILES string of the molecule is CS(=O)(=O)CCCC(NN)c1ccnnc1. The van der Waals surface area contributed by atoms with Crippen molar-refractivity contribution in [1.29, 1.82) is 0 Å². The van der Waals surface area contributed by atoms with Crippen LogP contribution in [0.5, 0.6) is 0 Å². The lowest BCUT2D eigenvalue weighted by Gasteiger charge is -2.14. The second kappa shape index (κ2) is 5.88. The molecular formula is C9H16N4O2S. The first kappa shape index (κ1) is 13.0. The highest BCUT2D eigenvalue weighted by atomic mass is 32.2. The lowest BCUT2D eigenvalue weighted by Crippen LogP contribution is -2.28. The summed E-state index contributed by atoms with van der Waals surface area (Å²) >= 11 is 0. The molecule has 0 radical (unpaired) electrons. The van der Waals surface area contributed by atoms with Crippen LogP contribution in [0, 0.1) is 0 Å². The maximum atomic E-state index is 11.0. The maximum Gasteiger partial charge on any atom is 0.147 e. The maximum absolute atomic E-state index is 11.0. The lowest BCUT2D eigenvalue weighted by molar-refractivity contribution is 0.505. The number of aromatic nitrogens is 2. The minimum atomic E-state index is -2.91. The molecule has 1 rings (SSSR count). The standard InChI is InChI=1S/C9H16N4O2S/c1-16(14,15)6-2-3-9(13-10)8-4-5-11-12-7-8/h4-5,7,9,13H,2-3,6,10H2,1H3. The highest BCUT2D eigenvalue weighted by molar-refractivity contribution is 7.90. The number of hydrogen-bond donors (Lipinski definition) is 2. The Labute approximate surface area is 95.1 Å². The Balaban J connectivity index is 2.51. The Morgan fingerprint density at radius 1 is 1.50 bits per heavy atom. The van der Waals surface area contributed by atoms with Crippen molar-refractivity contribution in [2.45, 2.75) is 18.9 Å². The molecule has 7 heteroatoms. The molecule has 1 heterocycles. The van der Waals surface area contributed by atoms with Crippen LogP contribution in [0.15, 0.2) is 18.5 Å². The van der Waals surface area contributed by atoms with Crippen LogP contribution in [0.1, 0.15) is 24.4 Å². The summed E-state index contributed by atoms with van der Waals surface area (Å²) in [5, 5.41) is 7.41. The number of nitrogens with zero attached hydrogens (tertiary/aromatic N) is 2. The number of nitrogens with one attached hydrogen (secondary N) is 1. The molecule has 1 aromatic rings. The molecule has 0 aliphatic heterocycles. The van der Waals surface area contributed by atoms with Crippen LogP contribution in [-0.2, 0) is 9.84 Å². The molecule has 3 N–H and O–H groups in total. The van der Waals surface area contributed by atoms with Crippen molar-refractivity contribution in [3.63, 3.8) is 0 Å². The van der Waals surface area contributed by atoms with Crippen LogP contribution in [0.2, 0.25) is 0 Å². The van der Waals surface area contributed by atoms with Crippen LogP contribution >= 0.6 is 0 Å². The van der Waals surface area contributed by atoms with Crippen molar-refractivity contribution in [2.24, 2.45) is 5.84 Å². The van der Waals surface area contributed by atoms with Gasteiger partial charge in [-0.2, -0.15) is 10.2 Å². The second-order valence-corrected chi connectivity index (χ2v) is 5.93. The van der Waals surface area contributed by atoms with Gasteiger partial charge in [0.05, 0.1) is 6.20 Å². The predicted octanol–water partition coefficient (Wildman–Crippen LogP) is -0.194. The van der Waals surface area contributed by atoms with Crippen molar-refractivity contribution < 1.29 is 8.42 Å². The number of hydrazine groups is 1.